The smallest absolute Gasteiger partial charge is 0.238 e. The number of fused-ring (bicyclic) bond motifs is 1. The average Bonchev–Trinajstić information content (AvgIpc) is 2.98. The predicted molar refractivity (Wildman–Crippen MR) is 83.1 cm³/mol. The molecule has 0 unspecified atom stereocenters. The fourth-order valence-corrected chi connectivity index (χ4v) is 3.11. The molecule has 2 heterocycles. The van der Waals surface area contributed by atoms with Crippen molar-refractivity contribution in [1.82, 2.24) is 9.38 Å². The van der Waals surface area contributed by atoms with E-state index < -0.39 is 0 Å². The predicted octanol–water partition coefficient (Wildman–Crippen LogP) is 3.98. The van der Waals surface area contributed by atoms with Gasteiger partial charge in [-0.3, -0.25) is 4.40 Å². The van der Waals surface area contributed by atoms with Crippen LogP contribution in [0.1, 0.15) is 11.3 Å². The zero-order chi connectivity index (χ0) is 14.1. The second kappa shape index (κ2) is 5.34. The van der Waals surface area contributed by atoms with E-state index in [9.17, 15) is 0 Å². The lowest BCUT2D eigenvalue weighted by Gasteiger charge is -2.09. The number of anilines is 1. The van der Waals surface area contributed by atoms with Gasteiger partial charge in [0.2, 0.25) is 5.88 Å². The molecule has 0 amide bonds. The largest absolute Gasteiger partial charge is 0.480 e. The molecule has 6 heteroatoms. The molecule has 0 spiro atoms. The van der Waals surface area contributed by atoms with Crippen LogP contribution in [0.4, 0.5) is 5.69 Å². The molecule has 3 aromatic rings. The second-order valence-corrected chi connectivity index (χ2v) is 5.74. The van der Waals surface area contributed by atoms with E-state index in [4.69, 9.17) is 16.3 Å². The Hall–Kier alpha value is -1.72. The number of ether oxygens (including phenoxy) is 1. The Morgan fingerprint density at radius 1 is 1.45 bits per heavy atom. The highest BCUT2D eigenvalue weighted by Crippen LogP contribution is 2.26. The van der Waals surface area contributed by atoms with Gasteiger partial charge in [0.1, 0.15) is 5.69 Å². The summed E-state index contributed by atoms with van der Waals surface area (Å²) in [7, 11) is 1.63. The number of aromatic nitrogens is 2. The van der Waals surface area contributed by atoms with E-state index >= 15 is 0 Å². The number of nitrogens with zero attached hydrogens (tertiary/aromatic N) is 2. The number of imidazole rings is 1. The number of nitrogens with one attached hydrogen (secondary N) is 1. The Bertz CT molecular complexity index is 750. The van der Waals surface area contributed by atoms with Crippen molar-refractivity contribution in [1.29, 1.82) is 0 Å². The molecule has 4 nitrogen and oxygen atoms in total. The van der Waals surface area contributed by atoms with E-state index in [1.807, 2.05) is 41.1 Å². The van der Waals surface area contributed by atoms with Gasteiger partial charge in [-0.05, 0) is 24.6 Å². The topological polar surface area (TPSA) is 38.6 Å². The molecule has 0 radical (unpaired) electrons. The molecule has 0 bridgehead atoms. The van der Waals surface area contributed by atoms with Crippen LogP contribution >= 0.6 is 22.9 Å². The van der Waals surface area contributed by atoms with Gasteiger partial charge in [-0.15, -0.1) is 11.3 Å². The number of rotatable bonds is 4. The Balaban J connectivity index is 1.87. The minimum absolute atomic E-state index is 0.601. The average molecular weight is 308 g/mol. The van der Waals surface area contributed by atoms with Gasteiger partial charge in [-0.2, -0.15) is 4.98 Å². The monoisotopic (exact) mass is 307 g/mol. The zero-order valence-electron chi connectivity index (χ0n) is 11.2. The SMILES string of the molecule is COc1nc2sccn2c1CNc1ccc(C)cc1Cl. The number of aryl methyl sites for hydroxylation is 1. The van der Waals surface area contributed by atoms with Crippen molar-refractivity contribution < 1.29 is 4.74 Å². The summed E-state index contributed by atoms with van der Waals surface area (Å²) >= 11 is 7.81. The summed E-state index contributed by atoms with van der Waals surface area (Å²) in [5.74, 6) is 0.646. The molecule has 0 aliphatic heterocycles. The fourth-order valence-electron chi connectivity index (χ4n) is 2.08. The van der Waals surface area contributed by atoms with E-state index in [1.165, 1.54) is 0 Å². The molecule has 20 heavy (non-hydrogen) atoms. The zero-order valence-corrected chi connectivity index (χ0v) is 12.8. The minimum Gasteiger partial charge on any atom is -0.480 e. The second-order valence-electron chi connectivity index (χ2n) is 4.46. The van der Waals surface area contributed by atoms with Gasteiger partial charge in [0.05, 0.1) is 24.4 Å². The Morgan fingerprint density at radius 2 is 2.30 bits per heavy atom. The number of halogens is 1. The van der Waals surface area contributed by atoms with Gasteiger partial charge in [-0.25, -0.2) is 0 Å². The number of thiazole rings is 1. The van der Waals surface area contributed by atoms with E-state index in [2.05, 4.69) is 10.3 Å². The van der Waals surface area contributed by atoms with Crippen LogP contribution in [0.5, 0.6) is 5.88 Å². The lowest BCUT2D eigenvalue weighted by molar-refractivity contribution is 0.395. The van der Waals surface area contributed by atoms with Crippen molar-refractivity contribution in [3.8, 4) is 5.88 Å². The minimum atomic E-state index is 0.601. The number of hydrogen-bond acceptors (Lipinski definition) is 4. The van der Waals surface area contributed by atoms with Crippen LogP contribution in [0.25, 0.3) is 4.96 Å². The first-order valence-electron chi connectivity index (χ1n) is 6.17. The molecule has 3 rings (SSSR count). The molecule has 0 atom stereocenters. The van der Waals surface area contributed by atoms with Crippen LogP contribution in [-0.4, -0.2) is 16.5 Å². The Kier molecular flexibility index (Phi) is 3.54. The van der Waals surface area contributed by atoms with Crippen molar-refractivity contribution in [2.24, 2.45) is 0 Å². The van der Waals surface area contributed by atoms with Crippen molar-refractivity contribution >= 4 is 33.6 Å². The van der Waals surface area contributed by atoms with E-state index in [-0.39, 0.29) is 0 Å². The first kappa shape index (κ1) is 13.3. The molecule has 0 saturated heterocycles. The van der Waals surface area contributed by atoms with Gasteiger partial charge in [0.25, 0.3) is 0 Å². The Morgan fingerprint density at radius 3 is 3.05 bits per heavy atom. The van der Waals surface area contributed by atoms with E-state index in [1.54, 1.807) is 18.4 Å². The van der Waals surface area contributed by atoms with Crippen LogP contribution in [0.2, 0.25) is 5.02 Å². The van der Waals surface area contributed by atoms with Crippen LogP contribution in [0, 0.1) is 6.92 Å². The molecule has 104 valence electrons. The molecular formula is C14H14ClN3OS. The van der Waals surface area contributed by atoms with Crippen molar-refractivity contribution in [3.63, 3.8) is 0 Å². The van der Waals surface area contributed by atoms with Crippen molar-refractivity contribution in [3.05, 3.63) is 46.1 Å². The third-order valence-electron chi connectivity index (χ3n) is 3.09. The highest BCUT2D eigenvalue weighted by Gasteiger charge is 2.13. The summed E-state index contributed by atoms with van der Waals surface area (Å²) in [6, 6.07) is 5.95. The molecule has 1 N–H and O–H groups in total. The van der Waals surface area contributed by atoms with E-state index in [0.717, 1.165) is 26.9 Å². The summed E-state index contributed by atoms with van der Waals surface area (Å²) < 4.78 is 7.35. The summed E-state index contributed by atoms with van der Waals surface area (Å²) in [6.45, 7) is 2.62. The van der Waals surface area contributed by atoms with Crippen molar-refractivity contribution in [2.45, 2.75) is 13.5 Å². The summed E-state index contributed by atoms with van der Waals surface area (Å²) in [5, 5.41) is 6.05. The number of benzene rings is 1. The van der Waals surface area contributed by atoms with Gasteiger partial charge < -0.3 is 10.1 Å². The molecule has 1 aromatic carbocycles. The first-order valence-corrected chi connectivity index (χ1v) is 7.43. The van der Waals surface area contributed by atoms with E-state index in [0.29, 0.717) is 12.4 Å². The molecule has 0 aliphatic rings. The fraction of sp³-hybridized carbons (Fsp3) is 0.214. The highest BCUT2D eigenvalue weighted by molar-refractivity contribution is 7.15. The van der Waals surface area contributed by atoms with Gasteiger partial charge >= 0.3 is 0 Å². The third-order valence-corrected chi connectivity index (χ3v) is 4.16. The first-order chi connectivity index (χ1) is 9.69. The van der Waals surface area contributed by atoms with Crippen LogP contribution in [0.15, 0.2) is 29.8 Å². The highest BCUT2D eigenvalue weighted by atomic mass is 35.5. The van der Waals surface area contributed by atoms with Gasteiger partial charge in [-0.1, -0.05) is 17.7 Å². The third kappa shape index (κ3) is 2.34. The standard InChI is InChI=1S/C14H14ClN3OS/c1-9-3-4-11(10(15)7-9)16-8-12-13(19-2)17-14-18(12)5-6-20-14/h3-7,16H,8H2,1-2H3. The molecular weight excluding hydrogens is 294 g/mol. The van der Waals surface area contributed by atoms with Crippen LogP contribution < -0.4 is 10.1 Å². The molecule has 0 saturated carbocycles. The summed E-state index contributed by atoms with van der Waals surface area (Å²) in [6.07, 6.45) is 1.99. The lowest BCUT2D eigenvalue weighted by atomic mass is 10.2. The maximum absolute atomic E-state index is 6.23. The molecule has 0 fully saturated rings. The molecule has 0 aliphatic carbocycles. The number of hydrogen-bond donors (Lipinski definition) is 1. The van der Waals surface area contributed by atoms with Crippen LogP contribution in [0.3, 0.4) is 0 Å². The summed E-state index contributed by atoms with van der Waals surface area (Å²) in [5.41, 5.74) is 3.03. The maximum Gasteiger partial charge on any atom is 0.238 e. The van der Waals surface area contributed by atoms with Gasteiger partial charge in [0, 0.05) is 11.6 Å². The number of methoxy groups -OCH3 is 1. The quantitative estimate of drug-likeness (QED) is 0.792. The van der Waals surface area contributed by atoms with Crippen molar-refractivity contribution in [2.75, 3.05) is 12.4 Å². The maximum atomic E-state index is 6.23. The summed E-state index contributed by atoms with van der Waals surface area (Å²) in [4.78, 5) is 5.35. The van der Waals surface area contributed by atoms with Crippen LogP contribution in [-0.2, 0) is 6.54 Å². The normalized spacial score (nSPS) is 10.9. The van der Waals surface area contributed by atoms with Gasteiger partial charge in [0.15, 0.2) is 4.96 Å². The Labute approximate surface area is 126 Å². The lowest BCUT2D eigenvalue weighted by Crippen LogP contribution is -2.04. The molecule has 2 aromatic heterocycles.